The zero-order valence-electron chi connectivity index (χ0n) is 12.7. The van der Waals surface area contributed by atoms with E-state index in [1.54, 1.807) is 12.1 Å². The van der Waals surface area contributed by atoms with E-state index in [1.807, 2.05) is 6.92 Å². The Balaban J connectivity index is 1.75. The van der Waals surface area contributed by atoms with Gasteiger partial charge in [0.05, 0.1) is 0 Å². The standard InChI is InChI=1S/C16H24FN3O/c1-12-4-3-9-20(10-12)11-13(2)18-16(21)19-15-7-5-14(17)6-8-15/h5-8,12-13H,3-4,9-11H2,1-2H3,(H2,18,19,21)/t12-,13-/m0/s1. The maximum Gasteiger partial charge on any atom is 0.319 e. The Labute approximate surface area is 125 Å². The molecule has 116 valence electrons. The highest BCUT2D eigenvalue weighted by atomic mass is 19.1. The van der Waals surface area contributed by atoms with Crippen LogP contribution in [0.1, 0.15) is 26.7 Å². The van der Waals surface area contributed by atoms with Gasteiger partial charge in [-0.15, -0.1) is 0 Å². The Morgan fingerprint density at radius 1 is 1.43 bits per heavy atom. The smallest absolute Gasteiger partial charge is 0.319 e. The molecule has 21 heavy (non-hydrogen) atoms. The molecule has 2 amide bonds. The number of halogens is 1. The van der Waals surface area contributed by atoms with E-state index in [0.717, 1.165) is 25.6 Å². The van der Waals surface area contributed by atoms with E-state index in [1.165, 1.54) is 25.0 Å². The zero-order chi connectivity index (χ0) is 15.2. The van der Waals surface area contributed by atoms with Crippen LogP contribution in [0.15, 0.2) is 24.3 Å². The van der Waals surface area contributed by atoms with Crippen LogP contribution in [0.5, 0.6) is 0 Å². The monoisotopic (exact) mass is 293 g/mol. The van der Waals surface area contributed by atoms with Gasteiger partial charge < -0.3 is 15.5 Å². The summed E-state index contributed by atoms with van der Waals surface area (Å²) < 4.78 is 12.8. The largest absolute Gasteiger partial charge is 0.334 e. The maximum atomic E-state index is 12.8. The quantitative estimate of drug-likeness (QED) is 0.896. The Morgan fingerprint density at radius 2 is 2.14 bits per heavy atom. The number of nitrogens with zero attached hydrogens (tertiary/aromatic N) is 1. The molecular weight excluding hydrogens is 269 g/mol. The van der Waals surface area contributed by atoms with E-state index in [-0.39, 0.29) is 17.9 Å². The van der Waals surface area contributed by atoms with Crippen LogP contribution in [-0.2, 0) is 0 Å². The number of anilines is 1. The lowest BCUT2D eigenvalue weighted by molar-refractivity contribution is 0.170. The summed E-state index contributed by atoms with van der Waals surface area (Å²) in [5.41, 5.74) is 0.590. The van der Waals surface area contributed by atoms with Crippen molar-refractivity contribution in [3.63, 3.8) is 0 Å². The summed E-state index contributed by atoms with van der Waals surface area (Å²) in [6.07, 6.45) is 2.53. The third kappa shape index (κ3) is 5.34. The van der Waals surface area contributed by atoms with Gasteiger partial charge in [-0.05, 0) is 56.5 Å². The van der Waals surface area contributed by atoms with Crippen molar-refractivity contribution < 1.29 is 9.18 Å². The molecule has 1 heterocycles. The van der Waals surface area contributed by atoms with Gasteiger partial charge in [-0.3, -0.25) is 0 Å². The number of piperidine rings is 1. The molecule has 0 saturated carbocycles. The van der Waals surface area contributed by atoms with E-state index in [9.17, 15) is 9.18 Å². The number of carbonyl (C=O) groups excluding carboxylic acids is 1. The second-order valence-electron chi connectivity index (χ2n) is 6.01. The zero-order valence-corrected chi connectivity index (χ0v) is 12.7. The molecule has 1 aromatic carbocycles. The Kier molecular flexibility index (Phi) is 5.56. The number of rotatable bonds is 4. The Morgan fingerprint density at radius 3 is 2.81 bits per heavy atom. The molecule has 0 aromatic heterocycles. The average molecular weight is 293 g/mol. The molecule has 2 rings (SSSR count). The van der Waals surface area contributed by atoms with E-state index in [2.05, 4.69) is 22.5 Å². The SMILES string of the molecule is C[C@H]1CCCN(C[C@H](C)NC(=O)Nc2ccc(F)cc2)C1. The summed E-state index contributed by atoms with van der Waals surface area (Å²) >= 11 is 0. The molecule has 1 aliphatic rings. The normalized spacial score (nSPS) is 20.8. The first kappa shape index (κ1) is 15.8. The second-order valence-corrected chi connectivity index (χ2v) is 6.01. The van der Waals surface area contributed by atoms with Crippen molar-refractivity contribution in [2.75, 3.05) is 25.0 Å². The number of amides is 2. The lowest BCUT2D eigenvalue weighted by Crippen LogP contribution is -2.46. The predicted molar refractivity (Wildman–Crippen MR) is 82.9 cm³/mol. The fourth-order valence-electron chi connectivity index (χ4n) is 2.81. The Hall–Kier alpha value is -1.62. The highest BCUT2D eigenvalue weighted by molar-refractivity contribution is 5.89. The minimum atomic E-state index is -0.312. The van der Waals surface area contributed by atoms with Crippen LogP contribution in [0.4, 0.5) is 14.9 Å². The molecule has 2 atom stereocenters. The van der Waals surface area contributed by atoms with Gasteiger partial charge in [-0.25, -0.2) is 9.18 Å². The topological polar surface area (TPSA) is 44.4 Å². The van der Waals surface area contributed by atoms with Crippen molar-refractivity contribution >= 4 is 11.7 Å². The van der Waals surface area contributed by atoms with Gasteiger partial charge in [0.1, 0.15) is 5.82 Å². The molecule has 0 bridgehead atoms. The number of carbonyl (C=O) groups is 1. The van der Waals surface area contributed by atoms with Gasteiger partial charge in [-0.2, -0.15) is 0 Å². The summed E-state index contributed by atoms with van der Waals surface area (Å²) in [6.45, 7) is 7.34. The molecule has 0 unspecified atom stereocenters. The predicted octanol–water partition coefficient (Wildman–Crippen LogP) is 3.07. The van der Waals surface area contributed by atoms with E-state index in [4.69, 9.17) is 0 Å². The van der Waals surface area contributed by atoms with Gasteiger partial charge in [0.2, 0.25) is 0 Å². The number of benzene rings is 1. The number of nitrogens with one attached hydrogen (secondary N) is 2. The van der Waals surface area contributed by atoms with Crippen LogP contribution in [-0.4, -0.2) is 36.6 Å². The average Bonchev–Trinajstić information content (AvgIpc) is 2.41. The first-order valence-electron chi connectivity index (χ1n) is 7.58. The molecule has 0 radical (unpaired) electrons. The highest BCUT2D eigenvalue weighted by Gasteiger charge is 2.18. The molecule has 1 aliphatic heterocycles. The summed E-state index contributed by atoms with van der Waals surface area (Å²) in [7, 11) is 0. The van der Waals surface area contributed by atoms with Crippen molar-refractivity contribution in [1.29, 1.82) is 0 Å². The summed E-state index contributed by atoms with van der Waals surface area (Å²) in [4.78, 5) is 14.3. The molecule has 5 heteroatoms. The van der Waals surface area contributed by atoms with Crippen LogP contribution < -0.4 is 10.6 Å². The van der Waals surface area contributed by atoms with Crippen molar-refractivity contribution in [2.24, 2.45) is 5.92 Å². The van der Waals surface area contributed by atoms with Gasteiger partial charge in [0, 0.05) is 24.8 Å². The van der Waals surface area contributed by atoms with E-state index < -0.39 is 0 Å². The van der Waals surface area contributed by atoms with Crippen LogP contribution >= 0.6 is 0 Å². The van der Waals surface area contributed by atoms with Gasteiger partial charge in [0.25, 0.3) is 0 Å². The van der Waals surface area contributed by atoms with Gasteiger partial charge in [-0.1, -0.05) is 6.92 Å². The number of urea groups is 1. The number of hydrogen-bond donors (Lipinski definition) is 2. The van der Waals surface area contributed by atoms with E-state index >= 15 is 0 Å². The first-order chi connectivity index (χ1) is 10.0. The van der Waals surface area contributed by atoms with Gasteiger partial charge in [0.15, 0.2) is 0 Å². The number of likely N-dealkylation sites (tertiary alicyclic amines) is 1. The molecule has 1 aromatic rings. The number of hydrogen-bond acceptors (Lipinski definition) is 2. The fraction of sp³-hybridized carbons (Fsp3) is 0.562. The third-order valence-electron chi connectivity index (χ3n) is 3.75. The highest BCUT2D eigenvalue weighted by Crippen LogP contribution is 2.15. The first-order valence-corrected chi connectivity index (χ1v) is 7.58. The van der Waals surface area contributed by atoms with Crippen LogP contribution in [0.25, 0.3) is 0 Å². The third-order valence-corrected chi connectivity index (χ3v) is 3.75. The minimum absolute atomic E-state index is 0.0794. The molecule has 0 aliphatic carbocycles. The van der Waals surface area contributed by atoms with Crippen LogP contribution in [0.2, 0.25) is 0 Å². The summed E-state index contributed by atoms with van der Waals surface area (Å²) in [5, 5.41) is 5.63. The lowest BCUT2D eigenvalue weighted by Gasteiger charge is -2.32. The molecule has 1 saturated heterocycles. The molecule has 4 nitrogen and oxygen atoms in total. The van der Waals surface area contributed by atoms with Crippen molar-refractivity contribution in [1.82, 2.24) is 10.2 Å². The Bertz CT molecular complexity index is 463. The van der Waals surface area contributed by atoms with Crippen molar-refractivity contribution in [2.45, 2.75) is 32.7 Å². The van der Waals surface area contributed by atoms with Crippen molar-refractivity contribution in [3.8, 4) is 0 Å². The van der Waals surface area contributed by atoms with Crippen LogP contribution in [0, 0.1) is 11.7 Å². The van der Waals surface area contributed by atoms with E-state index in [0.29, 0.717) is 5.69 Å². The lowest BCUT2D eigenvalue weighted by atomic mass is 10.00. The molecule has 0 spiro atoms. The summed E-state index contributed by atoms with van der Waals surface area (Å²) in [5.74, 6) is 0.424. The summed E-state index contributed by atoms with van der Waals surface area (Å²) in [6, 6.07) is 5.58. The molecular formula is C16H24FN3O. The molecule has 1 fully saturated rings. The maximum absolute atomic E-state index is 12.8. The van der Waals surface area contributed by atoms with Gasteiger partial charge >= 0.3 is 6.03 Å². The van der Waals surface area contributed by atoms with Crippen molar-refractivity contribution in [3.05, 3.63) is 30.1 Å². The second kappa shape index (κ2) is 7.41. The minimum Gasteiger partial charge on any atom is -0.334 e. The fourth-order valence-corrected chi connectivity index (χ4v) is 2.81. The molecule has 2 N–H and O–H groups in total. The van der Waals surface area contributed by atoms with Crippen LogP contribution in [0.3, 0.4) is 0 Å².